The summed E-state index contributed by atoms with van der Waals surface area (Å²) in [4.78, 5) is 10.8. The number of carboxylic acids is 1. The van der Waals surface area contributed by atoms with Crippen molar-refractivity contribution in [1.82, 2.24) is 0 Å². The number of sulfone groups is 1. The van der Waals surface area contributed by atoms with Gasteiger partial charge in [-0.2, -0.15) is 0 Å². The second-order valence-electron chi connectivity index (χ2n) is 4.01. The van der Waals surface area contributed by atoms with Gasteiger partial charge in [-0.1, -0.05) is 18.5 Å². The lowest BCUT2D eigenvalue weighted by atomic mass is 10.0. The Morgan fingerprint density at radius 2 is 2.00 bits per heavy atom. The molecule has 0 saturated carbocycles. The van der Waals surface area contributed by atoms with Crippen LogP contribution in [0.1, 0.15) is 12.5 Å². The van der Waals surface area contributed by atoms with E-state index in [9.17, 15) is 13.2 Å². The standard InChI is InChI=1S/C11H13ClO4S/c1-7(11(13)14)3-8-4-9(12)6-10(5-8)17(2,15)16/h4-7H,3H2,1-2H3,(H,13,14). The van der Waals surface area contributed by atoms with Gasteiger partial charge in [-0.15, -0.1) is 0 Å². The number of aliphatic carboxylic acids is 1. The van der Waals surface area contributed by atoms with Crippen LogP contribution >= 0.6 is 11.6 Å². The van der Waals surface area contributed by atoms with Gasteiger partial charge in [0.1, 0.15) is 0 Å². The van der Waals surface area contributed by atoms with E-state index in [1.165, 1.54) is 12.1 Å². The highest BCUT2D eigenvalue weighted by Gasteiger charge is 2.15. The van der Waals surface area contributed by atoms with Gasteiger partial charge < -0.3 is 5.11 Å². The van der Waals surface area contributed by atoms with Gasteiger partial charge in [0.05, 0.1) is 10.8 Å². The molecule has 0 radical (unpaired) electrons. The monoisotopic (exact) mass is 276 g/mol. The third-order valence-corrected chi connectivity index (χ3v) is 3.63. The molecule has 1 rings (SSSR count). The molecule has 0 fully saturated rings. The Labute approximate surface area is 105 Å². The summed E-state index contributed by atoms with van der Waals surface area (Å²) < 4.78 is 22.8. The summed E-state index contributed by atoms with van der Waals surface area (Å²) in [5.74, 6) is -1.51. The molecule has 4 nitrogen and oxygen atoms in total. The average molecular weight is 277 g/mol. The molecule has 17 heavy (non-hydrogen) atoms. The molecule has 0 aliphatic carbocycles. The van der Waals surface area contributed by atoms with Crippen LogP contribution in [0.2, 0.25) is 5.02 Å². The zero-order valence-corrected chi connectivity index (χ0v) is 11.0. The molecule has 0 aromatic heterocycles. The van der Waals surface area contributed by atoms with Crippen molar-refractivity contribution in [2.45, 2.75) is 18.2 Å². The molecule has 0 aliphatic rings. The predicted octanol–water partition coefficient (Wildman–Crippen LogP) is 2.01. The van der Waals surface area contributed by atoms with Crippen molar-refractivity contribution in [1.29, 1.82) is 0 Å². The van der Waals surface area contributed by atoms with E-state index in [0.29, 0.717) is 10.6 Å². The van der Waals surface area contributed by atoms with E-state index >= 15 is 0 Å². The van der Waals surface area contributed by atoms with E-state index in [1.54, 1.807) is 13.0 Å². The summed E-state index contributed by atoms with van der Waals surface area (Å²) >= 11 is 5.81. The maximum absolute atomic E-state index is 11.4. The van der Waals surface area contributed by atoms with Crippen LogP contribution in [0, 0.1) is 5.92 Å². The van der Waals surface area contributed by atoms with Gasteiger partial charge in [0.25, 0.3) is 0 Å². The van der Waals surface area contributed by atoms with Gasteiger partial charge in [-0.25, -0.2) is 8.42 Å². The van der Waals surface area contributed by atoms with Gasteiger partial charge in [0.2, 0.25) is 0 Å². The molecule has 1 aromatic rings. The fourth-order valence-electron chi connectivity index (χ4n) is 1.39. The largest absolute Gasteiger partial charge is 0.481 e. The molecule has 94 valence electrons. The minimum atomic E-state index is -3.34. The highest BCUT2D eigenvalue weighted by Crippen LogP contribution is 2.21. The van der Waals surface area contributed by atoms with Crippen LogP contribution in [-0.4, -0.2) is 25.7 Å². The predicted molar refractivity (Wildman–Crippen MR) is 65.1 cm³/mol. The Morgan fingerprint density at radius 1 is 1.41 bits per heavy atom. The number of carboxylic acid groups (broad SMARTS) is 1. The topological polar surface area (TPSA) is 71.4 Å². The van der Waals surface area contributed by atoms with Gasteiger partial charge in [-0.3, -0.25) is 4.79 Å². The van der Waals surface area contributed by atoms with Gasteiger partial charge in [0, 0.05) is 11.3 Å². The minimum absolute atomic E-state index is 0.109. The Morgan fingerprint density at radius 3 is 2.47 bits per heavy atom. The summed E-state index contributed by atoms with van der Waals surface area (Å²) in [5.41, 5.74) is 0.604. The average Bonchev–Trinajstić information content (AvgIpc) is 2.15. The molecule has 1 N–H and O–H groups in total. The van der Waals surface area contributed by atoms with Crippen LogP contribution in [0.3, 0.4) is 0 Å². The highest BCUT2D eigenvalue weighted by molar-refractivity contribution is 7.90. The molecule has 0 bridgehead atoms. The van der Waals surface area contributed by atoms with Crippen molar-refractivity contribution in [2.24, 2.45) is 5.92 Å². The fraction of sp³-hybridized carbons (Fsp3) is 0.364. The van der Waals surface area contributed by atoms with Crippen LogP contribution in [-0.2, 0) is 21.1 Å². The van der Waals surface area contributed by atoms with E-state index in [-0.39, 0.29) is 11.3 Å². The lowest BCUT2D eigenvalue weighted by molar-refractivity contribution is -0.141. The summed E-state index contributed by atoms with van der Waals surface area (Å²) in [5, 5.41) is 9.08. The van der Waals surface area contributed by atoms with Crippen molar-refractivity contribution in [3.8, 4) is 0 Å². The lowest BCUT2D eigenvalue weighted by Crippen LogP contribution is -2.12. The molecular weight excluding hydrogens is 264 g/mol. The van der Waals surface area contributed by atoms with Crippen molar-refractivity contribution < 1.29 is 18.3 Å². The summed E-state index contributed by atoms with van der Waals surface area (Å²) in [6.07, 6.45) is 1.33. The summed E-state index contributed by atoms with van der Waals surface area (Å²) in [6, 6.07) is 4.39. The highest BCUT2D eigenvalue weighted by atomic mass is 35.5. The molecule has 0 spiro atoms. The van der Waals surface area contributed by atoms with E-state index in [1.807, 2.05) is 0 Å². The van der Waals surface area contributed by atoms with Crippen molar-refractivity contribution in [3.05, 3.63) is 28.8 Å². The first-order valence-corrected chi connectivity index (χ1v) is 7.19. The first-order chi connectivity index (χ1) is 7.70. The van der Waals surface area contributed by atoms with Crippen LogP contribution in [0.4, 0.5) is 0 Å². The van der Waals surface area contributed by atoms with E-state index < -0.39 is 21.7 Å². The maximum Gasteiger partial charge on any atom is 0.306 e. The molecule has 6 heteroatoms. The van der Waals surface area contributed by atoms with Crippen molar-refractivity contribution >= 4 is 27.4 Å². The Balaban J connectivity index is 3.11. The molecule has 1 atom stereocenters. The molecule has 1 aromatic carbocycles. The van der Waals surface area contributed by atoms with Crippen molar-refractivity contribution in [2.75, 3.05) is 6.26 Å². The Kier molecular flexibility index (Phi) is 4.16. The van der Waals surface area contributed by atoms with Gasteiger partial charge >= 0.3 is 5.97 Å². The smallest absolute Gasteiger partial charge is 0.306 e. The lowest BCUT2D eigenvalue weighted by Gasteiger charge is -2.08. The van der Waals surface area contributed by atoms with E-state index in [4.69, 9.17) is 16.7 Å². The SMILES string of the molecule is CC(Cc1cc(Cl)cc(S(C)(=O)=O)c1)C(=O)O. The van der Waals surface area contributed by atoms with Gasteiger partial charge in [0.15, 0.2) is 9.84 Å². The molecule has 1 unspecified atom stereocenters. The number of benzene rings is 1. The third-order valence-electron chi connectivity index (χ3n) is 2.32. The Hall–Kier alpha value is -1.07. The van der Waals surface area contributed by atoms with Crippen molar-refractivity contribution in [3.63, 3.8) is 0 Å². The maximum atomic E-state index is 11.4. The third kappa shape index (κ3) is 4.02. The van der Waals surface area contributed by atoms with Crippen LogP contribution < -0.4 is 0 Å². The van der Waals surface area contributed by atoms with E-state index in [0.717, 1.165) is 6.26 Å². The van der Waals surface area contributed by atoms with Crippen LogP contribution in [0.5, 0.6) is 0 Å². The number of carbonyl (C=O) groups is 1. The normalized spacial score (nSPS) is 13.4. The summed E-state index contributed by atoms with van der Waals surface area (Å²) in [6.45, 7) is 1.56. The first kappa shape index (κ1) is 14.0. The molecular formula is C11H13ClO4S. The zero-order chi connectivity index (χ0) is 13.2. The molecule has 0 aliphatic heterocycles. The molecule has 0 heterocycles. The van der Waals surface area contributed by atoms with Crippen LogP contribution in [0.15, 0.2) is 23.1 Å². The minimum Gasteiger partial charge on any atom is -0.481 e. The zero-order valence-electron chi connectivity index (χ0n) is 9.47. The quantitative estimate of drug-likeness (QED) is 0.913. The second-order valence-corrected chi connectivity index (χ2v) is 6.46. The Bertz CT molecular complexity index is 536. The second kappa shape index (κ2) is 5.06. The number of hydrogen-bond acceptors (Lipinski definition) is 3. The molecule has 0 saturated heterocycles. The van der Waals surface area contributed by atoms with E-state index in [2.05, 4.69) is 0 Å². The number of halogens is 1. The first-order valence-electron chi connectivity index (χ1n) is 4.92. The number of hydrogen-bond donors (Lipinski definition) is 1. The van der Waals surface area contributed by atoms with Gasteiger partial charge in [-0.05, 0) is 30.2 Å². The summed E-state index contributed by atoms with van der Waals surface area (Å²) in [7, 11) is -3.34. The molecule has 0 amide bonds. The van der Waals surface area contributed by atoms with Crippen LogP contribution in [0.25, 0.3) is 0 Å². The fourth-order valence-corrected chi connectivity index (χ4v) is 2.42. The number of rotatable bonds is 4.